The normalized spacial score (nSPS) is 20.3. The van der Waals surface area contributed by atoms with Crippen molar-refractivity contribution < 1.29 is 4.74 Å². The number of nitrogens with zero attached hydrogens (tertiary/aromatic N) is 6. The third-order valence-corrected chi connectivity index (χ3v) is 6.43. The Bertz CT molecular complexity index is 930. The number of fused-ring (bicyclic) bond motifs is 2. The maximum atomic E-state index is 5.93. The van der Waals surface area contributed by atoms with E-state index in [0.29, 0.717) is 13.1 Å². The average molecular weight is 393 g/mol. The number of piperidine rings is 1. The zero-order valence-electron chi connectivity index (χ0n) is 16.8. The van der Waals surface area contributed by atoms with Crippen molar-refractivity contribution in [3.63, 3.8) is 0 Å². The molecule has 2 N–H and O–H groups in total. The summed E-state index contributed by atoms with van der Waals surface area (Å²) in [5, 5.41) is 0. The number of pyridine rings is 1. The molecule has 5 rings (SSSR count). The quantitative estimate of drug-likeness (QED) is 0.845. The number of aliphatic imine (C=N–C) groups is 1. The lowest BCUT2D eigenvalue weighted by Gasteiger charge is -2.40. The fourth-order valence-electron chi connectivity index (χ4n) is 4.55. The van der Waals surface area contributed by atoms with Gasteiger partial charge in [0.1, 0.15) is 11.5 Å². The van der Waals surface area contributed by atoms with E-state index in [1.54, 1.807) is 7.11 Å². The molecule has 8 nitrogen and oxygen atoms in total. The van der Waals surface area contributed by atoms with Gasteiger partial charge in [-0.05, 0) is 37.8 Å². The summed E-state index contributed by atoms with van der Waals surface area (Å²) in [6, 6.07) is 4.11. The topological polar surface area (TPSA) is 92.8 Å². The Morgan fingerprint density at radius 2 is 2.03 bits per heavy atom. The summed E-state index contributed by atoms with van der Waals surface area (Å²) in [6.45, 7) is 3.81. The van der Waals surface area contributed by atoms with E-state index in [-0.39, 0.29) is 5.60 Å². The third-order valence-electron chi connectivity index (χ3n) is 6.43. The molecule has 0 radical (unpaired) electrons. The first-order valence-electron chi connectivity index (χ1n) is 10.4. The number of methoxy groups -OCH3 is 1. The second kappa shape index (κ2) is 7.35. The van der Waals surface area contributed by atoms with E-state index < -0.39 is 0 Å². The Morgan fingerprint density at radius 1 is 1.17 bits per heavy atom. The van der Waals surface area contributed by atoms with Crippen LogP contribution in [0, 0.1) is 0 Å². The van der Waals surface area contributed by atoms with Crippen LogP contribution >= 0.6 is 0 Å². The Kier molecular flexibility index (Phi) is 4.67. The molecule has 0 atom stereocenters. The maximum Gasteiger partial charge on any atom is 0.156 e. The smallest absolute Gasteiger partial charge is 0.156 e. The molecule has 152 valence electrons. The Labute approximate surface area is 170 Å². The van der Waals surface area contributed by atoms with Gasteiger partial charge in [-0.1, -0.05) is 0 Å². The van der Waals surface area contributed by atoms with Gasteiger partial charge in [0.05, 0.1) is 35.4 Å². The lowest BCUT2D eigenvalue weighted by Crippen LogP contribution is -2.50. The van der Waals surface area contributed by atoms with Gasteiger partial charge in [-0.15, -0.1) is 0 Å². The minimum absolute atomic E-state index is 0.202. The molecule has 3 aliphatic heterocycles. The molecule has 3 aliphatic rings. The Balaban J connectivity index is 1.36. The van der Waals surface area contributed by atoms with Crippen LogP contribution in [0.4, 0.5) is 11.5 Å². The molecule has 8 heteroatoms. The fourth-order valence-corrected chi connectivity index (χ4v) is 4.55. The minimum atomic E-state index is -0.202. The largest absolute Gasteiger partial charge is 0.377 e. The molecular formula is C21H27N7O. The highest BCUT2D eigenvalue weighted by atomic mass is 16.5. The molecule has 1 saturated heterocycles. The highest BCUT2D eigenvalue weighted by Crippen LogP contribution is 2.31. The van der Waals surface area contributed by atoms with Gasteiger partial charge in [0, 0.05) is 39.5 Å². The molecule has 1 fully saturated rings. The first-order valence-corrected chi connectivity index (χ1v) is 10.4. The van der Waals surface area contributed by atoms with Crippen LogP contribution in [0.25, 0.3) is 0 Å². The second-order valence-corrected chi connectivity index (χ2v) is 7.97. The van der Waals surface area contributed by atoms with Crippen molar-refractivity contribution in [3.8, 4) is 0 Å². The number of aryl methyl sites for hydroxylation is 1. The van der Waals surface area contributed by atoms with Crippen LogP contribution in [-0.2, 0) is 17.7 Å². The van der Waals surface area contributed by atoms with Gasteiger partial charge in [0.15, 0.2) is 5.84 Å². The number of nitrogens with two attached hydrogens (primary N) is 1. The molecule has 2 aromatic heterocycles. The van der Waals surface area contributed by atoms with E-state index in [4.69, 9.17) is 25.4 Å². The van der Waals surface area contributed by atoms with Gasteiger partial charge in [0.25, 0.3) is 0 Å². The van der Waals surface area contributed by atoms with E-state index in [9.17, 15) is 0 Å². The van der Waals surface area contributed by atoms with Crippen molar-refractivity contribution in [1.82, 2.24) is 15.0 Å². The SMILES string of the molecule is COC1(CN)CCN(c2cnc3c(n2)CN=C3N2CCCc3ncccc32)CC1. The summed E-state index contributed by atoms with van der Waals surface area (Å²) in [5.41, 5.74) is 9.86. The van der Waals surface area contributed by atoms with E-state index in [1.165, 1.54) is 0 Å². The van der Waals surface area contributed by atoms with E-state index in [0.717, 1.165) is 79.7 Å². The van der Waals surface area contributed by atoms with Crippen molar-refractivity contribution in [2.45, 2.75) is 37.8 Å². The van der Waals surface area contributed by atoms with Crippen LogP contribution in [0.5, 0.6) is 0 Å². The minimum Gasteiger partial charge on any atom is -0.377 e. The molecule has 5 heterocycles. The molecule has 2 aromatic rings. The van der Waals surface area contributed by atoms with Crippen molar-refractivity contribution in [2.75, 3.05) is 43.1 Å². The van der Waals surface area contributed by atoms with Gasteiger partial charge in [-0.2, -0.15) is 0 Å². The predicted octanol–water partition coefficient (Wildman–Crippen LogP) is 1.53. The Morgan fingerprint density at radius 3 is 2.83 bits per heavy atom. The van der Waals surface area contributed by atoms with Crippen molar-refractivity contribution in [2.24, 2.45) is 10.7 Å². The van der Waals surface area contributed by atoms with Crippen molar-refractivity contribution in [1.29, 1.82) is 0 Å². The first kappa shape index (κ1) is 18.4. The van der Waals surface area contributed by atoms with Gasteiger partial charge in [-0.25, -0.2) is 9.97 Å². The maximum absolute atomic E-state index is 5.93. The standard InChI is InChI=1S/C21H27N7O/c1-29-21(14-22)6-10-27(11-7-21)18-13-24-19-16(26-18)12-25-20(19)28-9-3-4-15-17(28)5-2-8-23-15/h2,5,8,13H,3-4,6-7,9-12,14,22H2,1H3. The van der Waals surface area contributed by atoms with Crippen LogP contribution < -0.4 is 15.5 Å². The molecule has 0 aliphatic carbocycles. The summed E-state index contributed by atoms with van der Waals surface area (Å²) >= 11 is 0. The first-order chi connectivity index (χ1) is 14.2. The van der Waals surface area contributed by atoms with Crippen molar-refractivity contribution in [3.05, 3.63) is 41.6 Å². The monoisotopic (exact) mass is 393 g/mol. The number of aromatic nitrogens is 3. The summed E-state index contributed by atoms with van der Waals surface area (Å²) in [6.07, 6.45) is 7.63. The second-order valence-electron chi connectivity index (χ2n) is 7.97. The zero-order valence-corrected chi connectivity index (χ0v) is 16.8. The summed E-state index contributed by atoms with van der Waals surface area (Å²) in [4.78, 5) is 23.6. The molecule has 0 bridgehead atoms. The van der Waals surface area contributed by atoms with Crippen LogP contribution in [-0.4, -0.2) is 59.7 Å². The average Bonchev–Trinajstić information content (AvgIpc) is 3.22. The summed E-state index contributed by atoms with van der Waals surface area (Å²) in [7, 11) is 1.75. The summed E-state index contributed by atoms with van der Waals surface area (Å²) < 4.78 is 5.68. The van der Waals surface area contributed by atoms with Crippen molar-refractivity contribution >= 4 is 17.3 Å². The highest BCUT2D eigenvalue weighted by Gasteiger charge is 2.34. The number of rotatable bonds is 3. The third kappa shape index (κ3) is 3.16. The molecule has 0 amide bonds. The molecule has 0 aromatic carbocycles. The van der Waals surface area contributed by atoms with E-state index >= 15 is 0 Å². The van der Waals surface area contributed by atoms with Gasteiger partial charge in [0.2, 0.25) is 0 Å². The highest BCUT2D eigenvalue weighted by molar-refractivity contribution is 6.11. The van der Waals surface area contributed by atoms with E-state index in [1.807, 2.05) is 18.5 Å². The zero-order chi connectivity index (χ0) is 19.8. The number of amidine groups is 1. The van der Waals surface area contributed by atoms with Crippen LogP contribution in [0.15, 0.2) is 29.5 Å². The Hall–Kier alpha value is -2.58. The number of hydrogen-bond donors (Lipinski definition) is 1. The fraction of sp³-hybridized carbons (Fsp3) is 0.524. The number of hydrogen-bond acceptors (Lipinski definition) is 8. The van der Waals surface area contributed by atoms with Crippen LogP contribution in [0.3, 0.4) is 0 Å². The molecule has 0 saturated carbocycles. The van der Waals surface area contributed by atoms with Gasteiger partial charge < -0.3 is 20.3 Å². The molecule has 0 unspecified atom stereocenters. The lowest BCUT2D eigenvalue weighted by molar-refractivity contribution is -0.0216. The molecular weight excluding hydrogens is 366 g/mol. The lowest BCUT2D eigenvalue weighted by atomic mass is 9.91. The number of ether oxygens (including phenoxy) is 1. The van der Waals surface area contributed by atoms with Gasteiger partial charge >= 0.3 is 0 Å². The number of anilines is 2. The summed E-state index contributed by atoms with van der Waals surface area (Å²) in [5.74, 6) is 1.84. The van der Waals surface area contributed by atoms with Crippen LogP contribution in [0.2, 0.25) is 0 Å². The van der Waals surface area contributed by atoms with Gasteiger partial charge in [-0.3, -0.25) is 9.98 Å². The predicted molar refractivity (Wildman–Crippen MR) is 112 cm³/mol. The molecule has 0 spiro atoms. The van der Waals surface area contributed by atoms with Crippen LogP contribution in [0.1, 0.15) is 36.3 Å². The molecule has 29 heavy (non-hydrogen) atoms. The van der Waals surface area contributed by atoms with E-state index in [2.05, 4.69) is 20.9 Å².